The zero-order chi connectivity index (χ0) is 10.4. The van der Waals surface area contributed by atoms with E-state index in [0.717, 1.165) is 6.54 Å². The lowest BCUT2D eigenvalue weighted by Crippen LogP contribution is -2.14. The highest BCUT2D eigenvalue weighted by atomic mass is 16.5. The molecule has 0 aliphatic carbocycles. The number of nitrogens with one attached hydrogen (secondary N) is 1. The van der Waals surface area contributed by atoms with Gasteiger partial charge in [-0.05, 0) is 19.5 Å². The standard InChI is InChI=1S/C10H15NO3/c1-3-11-7-9-8(5-6-14-9)10(12)13-4-2/h5-6,11H,3-4,7H2,1-2H3. The first kappa shape index (κ1) is 10.8. The van der Waals surface area contributed by atoms with Gasteiger partial charge >= 0.3 is 5.97 Å². The Morgan fingerprint density at radius 3 is 3.00 bits per heavy atom. The van der Waals surface area contributed by atoms with Gasteiger partial charge in [-0.2, -0.15) is 0 Å². The Morgan fingerprint density at radius 1 is 1.57 bits per heavy atom. The molecule has 0 saturated heterocycles. The lowest BCUT2D eigenvalue weighted by atomic mass is 10.2. The van der Waals surface area contributed by atoms with Crippen LogP contribution in [0.2, 0.25) is 0 Å². The van der Waals surface area contributed by atoms with Gasteiger partial charge in [0.15, 0.2) is 0 Å². The zero-order valence-corrected chi connectivity index (χ0v) is 8.50. The Kier molecular flexibility index (Phi) is 4.19. The minimum Gasteiger partial charge on any atom is -0.467 e. The van der Waals surface area contributed by atoms with Gasteiger partial charge in [0, 0.05) is 0 Å². The van der Waals surface area contributed by atoms with E-state index >= 15 is 0 Å². The molecule has 1 N–H and O–H groups in total. The summed E-state index contributed by atoms with van der Waals surface area (Å²) >= 11 is 0. The van der Waals surface area contributed by atoms with Gasteiger partial charge in [-0.15, -0.1) is 0 Å². The van der Waals surface area contributed by atoms with Crippen molar-refractivity contribution in [3.63, 3.8) is 0 Å². The first-order chi connectivity index (χ1) is 6.79. The number of hydrogen-bond acceptors (Lipinski definition) is 4. The minimum atomic E-state index is -0.325. The first-order valence-corrected chi connectivity index (χ1v) is 4.73. The quantitative estimate of drug-likeness (QED) is 0.728. The molecule has 1 aromatic rings. The van der Waals surface area contributed by atoms with Crippen LogP contribution in [0.1, 0.15) is 30.0 Å². The fourth-order valence-electron chi connectivity index (χ4n) is 1.11. The molecule has 0 radical (unpaired) electrons. The molecular weight excluding hydrogens is 182 g/mol. The molecule has 0 amide bonds. The molecule has 0 spiro atoms. The van der Waals surface area contributed by atoms with Crippen molar-refractivity contribution < 1.29 is 13.9 Å². The van der Waals surface area contributed by atoms with Gasteiger partial charge in [-0.3, -0.25) is 0 Å². The van der Waals surface area contributed by atoms with Crippen LogP contribution < -0.4 is 5.32 Å². The summed E-state index contributed by atoms with van der Waals surface area (Å²) in [6.07, 6.45) is 1.50. The number of hydrogen-bond donors (Lipinski definition) is 1. The fourth-order valence-corrected chi connectivity index (χ4v) is 1.11. The van der Waals surface area contributed by atoms with Gasteiger partial charge in [0.25, 0.3) is 0 Å². The molecule has 14 heavy (non-hydrogen) atoms. The molecule has 0 aliphatic heterocycles. The highest BCUT2D eigenvalue weighted by molar-refractivity contribution is 5.90. The number of esters is 1. The molecule has 78 valence electrons. The number of ether oxygens (including phenoxy) is 1. The molecule has 0 saturated carbocycles. The van der Waals surface area contributed by atoms with E-state index < -0.39 is 0 Å². The number of rotatable bonds is 5. The van der Waals surface area contributed by atoms with E-state index in [1.165, 1.54) is 6.26 Å². The Bertz CT molecular complexity index is 293. The van der Waals surface area contributed by atoms with E-state index in [9.17, 15) is 4.79 Å². The van der Waals surface area contributed by atoms with Crippen LogP contribution in [0.3, 0.4) is 0 Å². The van der Waals surface area contributed by atoms with Crippen molar-refractivity contribution in [3.8, 4) is 0 Å². The largest absolute Gasteiger partial charge is 0.467 e. The molecule has 0 unspecified atom stereocenters. The van der Waals surface area contributed by atoms with Crippen LogP contribution >= 0.6 is 0 Å². The molecule has 0 aromatic carbocycles. The van der Waals surface area contributed by atoms with Gasteiger partial charge in [-0.1, -0.05) is 6.92 Å². The van der Waals surface area contributed by atoms with Crippen LogP contribution in [-0.2, 0) is 11.3 Å². The second-order valence-electron chi connectivity index (χ2n) is 2.76. The van der Waals surface area contributed by atoms with Crippen LogP contribution in [0.25, 0.3) is 0 Å². The number of furan rings is 1. The SMILES string of the molecule is CCNCc1occc1C(=O)OCC. The van der Waals surface area contributed by atoms with E-state index in [2.05, 4.69) is 5.32 Å². The molecule has 4 nitrogen and oxygen atoms in total. The summed E-state index contributed by atoms with van der Waals surface area (Å²) in [5.74, 6) is 0.305. The monoisotopic (exact) mass is 197 g/mol. The summed E-state index contributed by atoms with van der Waals surface area (Å²) < 4.78 is 10.1. The van der Waals surface area contributed by atoms with E-state index in [1.807, 2.05) is 6.92 Å². The van der Waals surface area contributed by atoms with Crippen LogP contribution in [0.5, 0.6) is 0 Å². The van der Waals surface area contributed by atoms with Crippen LogP contribution in [0.4, 0.5) is 0 Å². The van der Waals surface area contributed by atoms with Gasteiger partial charge in [0.05, 0.1) is 19.4 Å². The summed E-state index contributed by atoms with van der Waals surface area (Å²) in [4.78, 5) is 11.4. The minimum absolute atomic E-state index is 0.325. The van der Waals surface area contributed by atoms with Crippen LogP contribution in [0, 0.1) is 0 Å². The average Bonchev–Trinajstić information content (AvgIpc) is 2.63. The third-order valence-corrected chi connectivity index (χ3v) is 1.78. The van der Waals surface area contributed by atoms with Gasteiger partial charge in [0.2, 0.25) is 0 Å². The predicted octanol–water partition coefficient (Wildman–Crippen LogP) is 1.57. The van der Waals surface area contributed by atoms with Crippen molar-refractivity contribution in [2.24, 2.45) is 0 Å². The Balaban J connectivity index is 2.66. The first-order valence-electron chi connectivity index (χ1n) is 4.73. The molecule has 0 bridgehead atoms. The number of carbonyl (C=O) groups is 1. The van der Waals surface area contributed by atoms with Gasteiger partial charge in [-0.25, -0.2) is 4.79 Å². The zero-order valence-electron chi connectivity index (χ0n) is 8.50. The van der Waals surface area contributed by atoms with Crippen LogP contribution in [-0.4, -0.2) is 19.1 Å². The molecule has 4 heteroatoms. The average molecular weight is 197 g/mol. The molecule has 0 fully saturated rings. The number of carbonyl (C=O) groups excluding carboxylic acids is 1. The fraction of sp³-hybridized carbons (Fsp3) is 0.500. The molecule has 0 atom stereocenters. The predicted molar refractivity (Wildman–Crippen MR) is 52.0 cm³/mol. The van der Waals surface area contributed by atoms with Crippen molar-refractivity contribution in [1.29, 1.82) is 0 Å². The van der Waals surface area contributed by atoms with Crippen molar-refractivity contribution >= 4 is 5.97 Å². The van der Waals surface area contributed by atoms with Gasteiger partial charge in [0.1, 0.15) is 11.3 Å². The van der Waals surface area contributed by atoms with Crippen molar-refractivity contribution in [2.75, 3.05) is 13.2 Å². The summed E-state index contributed by atoms with van der Waals surface area (Å²) in [5, 5.41) is 3.09. The van der Waals surface area contributed by atoms with E-state index in [-0.39, 0.29) is 5.97 Å². The normalized spacial score (nSPS) is 10.1. The molecule has 1 rings (SSSR count). The topological polar surface area (TPSA) is 51.5 Å². The molecule has 1 aromatic heterocycles. The van der Waals surface area contributed by atoms with Crippen molar-refractivity contribution in [2.45, 2.75) is 20.4 Å². The second kappa shape index (κ2) is 5.44. The highest BCUT2D eigenvalue weighted by Crippen LogP contribution is 2.11. The Morgan fingerprint density at radius 2 is 2.36 bits per heavy atom. The third kappa shape index (κ3) is 2.60. The third-order valence-electron chi connectivity index (χ3n) is 1.78. The van der Waals surface area contributed by atoms with E-state index in [1.54, 1.807) is 13.0 Å². The lowest BCUT2D eigenvalue weighted by molar-refractivity contribution is 0.0523. The molecular formula is C10H15NO3. The molecule has 0 aliphatic rings. The van der Waals surface area contributed by atoms with E-state index in [4.69, 9.17) is 9.15 Å². The second-order valence-corrected chi connectivity index (χ2v) is 2.76. The summed E-state index contributed by atoms with van der Waals surface area (Å²) in [6, 6.07) is 1.63. The summed E-state index contributed by atoms with van der Waals surface area (Å²) in [6.45, 7) is 5.54. The van der Waals surface area contributed by atoms with E-state index in [0.29, 0.717) is 24.5 Å². The van der Waals surface area contributed by atoms with Crippen molar-refractivity contribution in [1.82, 2.24) is 5.32 Å². The Labute approximate surface area is 83.2 Å². The van der Waals surface area contributed by atoms with Crippen molar-refractivity contribution in [3.05, 3.63) is 23.7 Å². The molecule has 1 heterocycles. The lowest BCUT2D eigenvalue weighted by Gasteiger charge is -2.02. The Hall–Kier alpha value is -1.29. The maximum atomic E-state index is 11.4. The van der Waals surface area contributed by atoms with Gasteiger partial charge < -0.3 is 14.5 Å². The maximum absolute atomic E-state index is 11.4. The smallest absolute Gasteiger partial charge is 0.341 e. The summed E-state index contributed by atoms with van der Waals surface area (Å²) in [5.41, 5.74) is 0.507. The maximum Gasteiger partial charge on any atom is 0.341 e. The highest BCUT2D eigenvalue weighted by Gasteiger charge is 2.14. The van der Waals surface area contributed by atoms with Crippen LogP contribution in [0.15, 0.2) is 16.7 Å². The summed E-state index contributed by atoms with van der Waals surface area (Å²) in [7, 11) is 0.